The number of anilines is 3. The van der Waals surface area contributed by atoms with Crippen LogP contribution in [0.3, 0.4) is 0 Å². The fourth-order valence-corrected chi connectivity index (χ4v) is 6.52. The van der Waals surface area contributed by atoms with Crippen LogP contribution in [0, 0.1) is 29.6 Å². The van der Waals surface area contributed by atoms with Crippen molar-refractivity contribution in [3.05, 3.63) is 57.9 Å². The molecule has 0 bridgehead atoms. The first-order valence-electron chi connectivity index (χ1n) is 15.7. The lowest BCUT2D eigenvalue weighted by molar-refractivity contribution is 0.214. The Kier molecular flexibility index (Phi) is 12.2. The van der Waals surface area contributed by atoms with E-state index in [1.807, 2.05) is 14.0 Å². The third-order valence-electron chi connectivity index (χ3n) is 8.22. The van der Waals surface area contributed by atoms with Gasteiger partial charge in [-0.05, 0) is 101 Å². The molecule has 0 amide bonds. The Morgan fingerprint density at radius 2 is 2.13 bits per heavy atom. The standard InChI is InChI=1S/C33H45N9O2S/c1-5-9-24(18-22(2)10-6-11-26-23(3)25(20-34)31(35)45-26)30(42-43)32-39-28(38-27-12-7-17-37-41-27)19-29(40-32)44-21-33(14-15-33)13-8-16-36-4/h7,12,17-19,22,36,43H,5-6,8-11,13-16,21,35H2,1-4H3,(H,38,39,40,41)/b24-18+,42-30+. The SMILES string of the molecule is CCCC(=C\C(C)CCCc1sc(N)c(C#N)c1C)/C(=N\O)c1nc(Nc2cccnn2)cc(OCC2(CCCNC)CC2)n1. The van der Waals surface area contributed by atoms with E-state index in [9.17, 15) is 10.5 Å². The molecule has 0 spiro atoms. The molecule has 1 unspecified atom stereocenters. The van der Waals surface area contributed by atoms with Crippen LogP contribution in [-0.4, -0.2) is 51.3 Å². The van der Waals surface area contributed by atoms with E-state index in [2.05, 4.69) is 52.0 Å². The van der Waals surface area contributed by atoms with E-state index in [-0.39, 0.29) is 17.2 Å². The number of allylic oxidation sites excluding steroid dienone is 2. The molecule has 12 heteroatoms. The fourth-order valence-electron chi connectivity index (χ4n) is 5.45. The Morgan fingerprint density at radius 3 is 2.78 bits per heavy atom. The lowest BCUT2D eigenvalue weighted by atomic mass is 9.95. The summed E-state index contributed by atoms with van der Waals surface area (Å²) in [6, 6.07) is 7.55. The van der Waals surface area contributed by atoms with Crippen molar-refractivity contribution in [2.45, 2.75) is 78.6 Å². The number of thiophene rings is 1. The van der Waals surface area contributed by atoms with Gasteiger partial charge in [-0.15, -0.1) is 16.4 Å². The van der Waals surface area contributed by atoms with Crippen LogP contribution in [0.1, 0.15) is 87.0 Å². The molecule has 4 rings (SSSR count). The third kappa shape index (κ3) is 9.45. The average molecular weight is 632 g/mol. The highest BCUT2D eigenvalue weighted by molar-refractivity contribution is 7.16. The summed E-state index contributed by atoms with van der Waals surface area (Å²) in [7, 11) is 1.97. The van der Waals surface area contributed by atoms with Gasteiger partial charge in [0.1, 0.15) is 22.6 Å². The first kappa shape index (κ1) is 33.8. The van der Waals surface area contributed by atoms with Gasteiger partial charge in [-0.25, -0.2) is 4.98 Å². The molecule has 45 heavy (non-hydrogen) atoms. The van der Waals surface area contributed by atoms with Crippen LogP contribution < -0.4 is 21.1 Å². The molecule has 240 valence electrons. The number of nitrogens with two attached hydrogens (primary N) is 1. The van der Waals surface area contributed by atoms with Gasteiger partial charge in [0, 0.05) is 22.6 Å². The van der Waals surface area contributed by atoms with Crippen molar-refractivity contribution in [2.24, 2.45) is 16.5 Å². The molecule has 0 aliphatic heterocycles. The Hall–Kier alpha value is -4.08. The highest BCUT2D eigenvalue weighted by Gasteiger charge is 2.42. The van der Waals surface area contributed by atoms with Crippen molar-refractivity contribution in [3.8, 4) is 11.9 Å². The second-order valence-corrected chi connectivity index (χ2v) is 13.0. The predicted octanol–water partition coefficient (Wildman–Crippen LogP) is 6.56. The number of oxime groups is 1. The monoisotopic (exact) mass is 631 g/mol. The number of aryl methyl sites for hydroxylation is 1. The zero-order valence-electron chi connectivity index (χ0n) is 26.8. The molecule has 3 aromatic heterocycles. The minimum Gasteiger partial charge on any atom is -0.477 e. The topological polar surface area (TPSA) is 167 Å². The summed E-state index contributed by atoms with van der Waals surface area (Å²) in [4.78, 5) is 10.6. The molecule has 0 radical (unpaired) electrons. The molecule has 1 fully saturated rings. The predicted molar refractivity (Wildman–Crippen MR) is 179 cm³/mol. The smallest absolute Gasteiger partial charge is 0.219 e. The van der Waals surface area contributed by atoms with Crippen LogP contribution in [-0.2, 0) is 6.42 Å². The first-order valence-corrected chi connectivity index (χ1v) is 16.6. The summed E-state index contributed by atoms with van der Waals surface area (Å²) in [5.74, 6) is 1.91. The minimum atomic E-state index is 0.181. The highest BCUT2D eigenvalue weighted by atomic mass is 32.1. The molecule has 3 heterocycles. The van der Waals surface area contributed by atoms with E-state index in [1.165, 1.54) is 11.3 Å². The Labute approximate surface area is 270 Å². The summed E-state index contributed by atoms with van der Waals surface area (Å²) in [5.41, 5.74) is 9.00. The summed E-state index contributed by atoms with van der Waals surface area (Å²) in [6.07, 6.45) is 12.5. The molecule has 0 aromatic carbocycles. The zero-order chi connectivity index (χ0) is 32.2. The van der Waals surface area contributed by atoms with E-state index in [1.54, 1.807) is 24.4 Å². The number of rotatable bonds is 18. The van der Waals surface area contributed by atoms with Gasteiger partial charge in [0.05, 0.1) is 12.2 Å². The van der Waals surface area contributed by atoms with E-state index in [0.29, 0.717) is 46.8 Å². The second-order valence-electron chi connectivity index (χ2n) is 11.9. The number of ether oxygens (including phenoxy) is 1. The van der Waals surface area contributed by atoms with Crippen molar-refractivity contribution >= 4 is 33.7 Å². The van der Waals surface area contributed by atoms with Crippen molar-refractivity contribution < 1.29 is 9.94 Å². The normalized spacial score (nSPS) is 15.0. The van der Waals surface area contributed by atoms with Crippen molar-refractivity contribution in [3.63, 3.8) is 0 Å². The molecule has 0 saturated heterocycles. The molecular formula is C33H45N9O2S. The summed E-state index contributed by atoms with van der Waals surface area (Å²) >= 11 is 1.50. The van der Waals surface area contributed by atoms with E-state index >= 15 is 0 Å². The maximum atomic E-state index is 10.3. The molecule has 3 aromatic rings. The van der Waals surface area contributed by atoms with Crippen LogP contribution in [0.15, 0.2) is 41.2 Å². The lowest BCUT2D eigenvalue weighted by Gasteiger charge is -2.17. The average Bonchev–Trinajstić information content (AvgIpc) is 3.74. The quantitative estimate of drug-likeness (QED) is 0.0522. The number of nitrogen functional groups attached to an aromatic ring is 1. The van der Waals surface area contributed by atoms with Gasteiger partial charge in [-0.2, -0.15) is 15.3 Å². The van der Waals surface area contributed by atoms with Gasteiger partial charge in [0.2, 0.25) is 5.88 Å². The molecule has 1 atom stereocenters. The first-order chi connectivity index (χ1) is 21.8. The number of nitriles is 1. The van der Waals surface area contributed by atoms with Crippen LogP contribution in [0.4, 0.5) is 16.6 Å². The maximum absolute atomic E-state index is 10.3. The van der Waals surface area contributed by atoms with Crippen LogP contribution in [0.5, 0.6) is 5.88 Å². The summed E-state index contributed by atoms with van der Waals surface area (Å²) in [5, 5.41) is 38.5. The van der Waals surface area contributed by atoms with E-state index in [4.69, 9.17) is 20.4 Å². The highest BCUT2D eigenvalue weighted by Crippen LogP contribution is 2.49. The van der Waals surface area contributed by atoms with Crippen LogP contribution in [0.25, 0.3) is 0 Å². The van der Waals surface area contributed by atoms with E-state index in [0.717, 1.165) is 73.9 Å². The maximum Gasteiger partial charge on any atom is 0.219 e. The molecule has 11 nitrogen and oxygen atoms in total. The Balaban J connectivity index is 1.53. The number of nitrogens with zero attached hydrogens (tertiary/aromatic N) is 6. The Morgan fingerprint density at radius 1 is 1.31 bits per heavy atom. The summed E-state index contributed by atoms with van der Waals surface area (Å²) in [6.45, 7) is 7.77. The molecule has 1 aliphatic rings. The van der Waals surface area contributed by atoms with Gasteiger partial charge in [-0.3, -0.25) is 0 Å². The number of hydrogen-bond donors (Lipinski definition) is 4. The van der Waals surface area contributed by atoms with Gasteiger partial charge >= 0.3 is 0 Å². The van der Waals surface area contributed by atoms with Crippen LogP contribution in [0.2, 0.25) is 0 Å². The number of nitrogens with one attached hydrogen (secondary N) is 2. The minimum absolute atomic E-state index is 0.181. The van der Waals surface area contributed by atoms with Gasteiger partial charge in [0.15, 0.2) is 11.6 Å². The summed E-state index contributed by atoms with van der Waals surface area (Å²) < 4.78 is 6.29. The zero-order valence-corrected chi connectivity index (χ0v) is 27.6. The third-order valence-corrected chi connectivity index (χ3v) is 9.40. The fraction of sp³-hybridized carbons (Fsp3) is 0.515. The van der Waals surface area contributed by atoms with Crippen molar-refractivity contribution in [2.75, 3.05) is 31.2 Å². The second kappa shape index (κ2) is 16.3. The van der Waals surface area contributed by atoms with Crippen LogP contribution >= 0.6 is 11.3 Å². The largest absolute Gasteiger partial charge is 0.477 e. The molecule has 1 saturated carbocycles. The number of hydrogen-bond acceptors (Lipinski definition) is 12. The van der Waals surface area contributed by atoms with Crippen molar-refractivity contribution in [1.29, 1.82) is 5.26 Å². The number of aromatic nitrogens is 4. The van der Waals surface area contributed by atoms with Gasteiger partial charge in [-0.1, -0.05) is 31.5 Å². The van der Waals surface area contributed by atoms with Crippen molar-refractivity contribution in [1.82, 2.24) is 25.5 Å². The van der Waals surface area contributed by atoms with Gasteiger partial charge < -0.3 is 26.3 Å². The lowest BCUT2D eigenvalue weighted by Crippen LogP contribution is -2.18. The molecule has 5 N–H and O–H groups in total. The molecule has 1 aliphatic carbocycles. The van der Waals surface area contributed by atoms with Gasteiger partial charge in [0.25, 0.3) is 0 Å². The van der Waals surface area contributed by atoms with E-state index < -0.39 is 0 Å². The molecular weight excluding hydrogens is 586 g/mol. The Bertz CT molecular complexity index is 1510.